The topological polar surface area (TPSA) is 86.4 Å². The number of halogens is 2. The van der Waals surface area contributed by atoms with Crippen molar-refractivity contribution in [1.29, 1.82) is 0 Å². The third-order valence-corrected chi connectivity index (χ3v) is 7.95. The summed E-state index contributed by atoms with van der Waals surface area (Å²) >= 11 is 1.69. The first kappa shape index (κ1) is 23.1. The molecule has 0 saturated carbocycles. The Labute approximate surface area is 220 Å². The van der Waals surface area contributed by atoms with Crippen molar-refractivity contribution in [2.24, 2.45) is 0 Å². The lowest BCUT2D eigenvalue weighted by atomic mass is 10.0. The van der Waals surface area contributed by atoms with E-state index in [-0.39, 0.29) is 13.0 Å². The zero-order chi connectivity index (χ0) is 25.9. The molecule has 10 heteroatoms. The number of alkyl halides is 2. The Bertz CT molecular complexity index is 1800. The highest BCUT2D eigenvalue weighted by atomic mass is 32.1. The summed E-state index contributed by atoms with van der Waals surface area (Å²) < 4.78 is 27.3. The summed E-state index contributed by atoms with van der Waals surface area (Å²) in [6.45, 7) is 2.72. The van der Waals surface area contributed by atoms with Crippen molar-refractivity contribution in [3.63, 3.8) is 0 Å². The van der Waals surface area contributed by atoms with E-state index in [0.717, 1.165) is 54.9 Å². The van der Waals surface area contributed by atoms with Crippen LogP contribution in [-0.2, 0) is 6.54 Å². The van der Waals surface area contributed by atoms with Crippen LogP contribution in [0.4, 0.5) is 8.78 Å². The van der Waals surface area contributed by atoms with Crippen LogP contribution in [0.25, 0.3) is 55.2 Å². The third-order valence-electron chi connectivity index (χ3n) is 6.94. The SMILES string of the molecule is Cc1ccc(-c2nccc3[nH]c(-c4n[nH]c5ccc(-c6cncc(CN7CCC(F)(F)C7)c6)cc45)nc23)s1. The van der Waals surface area contributed by atoms with Crippen molar-refractivity contribution in [3.8, 4) is 33.2 Å². The van der Waals surface area contributed by atoms with Crippen LogP contribution >= 0.6 is 11.3 Å². The van der Waals surface area contributed by atoms with Crippen molar-refractivity contribution in [2.75, 3.05) is 13.1 Å². The molecule has 1 fully saturated rings. The number of aromatic nitrogens is 6. The molecule has 0 radical (unpaired) electrons. The monoisotopic (exact) mass is 527 g/mol. The Morgan fingerprint density at radius 2 is 1.95 bits per heavy atom. The first-order chi connectivity index (χ1) is 18.4. The summed E-state index contributed by atoms with van der Waals surface area (Å²) in [5.74, 6) is -1.95. The number of hydrogen-bond donors (Lipinski definition) is 2. The van der Waals surface area contributed by atoms with E-state index in [0.29, 0.717) is 18.9 Å². The first-order valence-corrected chi connectivity index (χ1v) is 13.2. The fourth-order valence-electron chi connectivity index (χ4n) is 5.10. The van der Waals surface area contributed by atoms with Crippen LogP contribution < -0.4 is 0 Å². The molecule has 5 aromatic heterocycles. The molecule has 0 unspecified atom stereocenters. The Morgan fingerprint density at radius 1 is 1.03 bits per heavy atom. The first-order valence-electron chi connectivity index (χ1n) is 12.4. The maximum Gasteiger partial charge on any atom is 0.261 e. The van der Waals surface area contributed by atoms with Gasteiger partial charge in [0.05, 0.1) is 22.5 Å². The number of rotatable bonds is 5. The Balaban J connectivity index is 1.24. The zero-order valence-electron chi connectivity index (χ0n) is 20.5. The molecule has 6 heterocycles. The summed E-state index contributed by atoms with van der Waals surface area (Å²) in [5, 5.41) is 8.61. The smallest absolute Gasteiger partial charge is 0.261 e. The second-order valence-corrected chi connectivity index (χ2v) is 11.1. The highest BCUT2D eigenvalue weighted by Gasteiger charge is 2.37. The molecule has 190 valence electrons. The van der Waals surface area contributed by atoms with Crippen LogP contribution in [0.2, 0.25) is 0 Å². The molecule has 7 rings (SSSR count). The number of aryl methyl sites for hydroxylation is 1. The van der Waals surface area contributed by atoms with Crippen molar-refractivity contribution in [1.82, 2.24) is 35.0 Å². The minimum atomic E-state index is -2.61. The molecule has 1 aromatic carbocycles. The number of fused-ring (bicyclic) bond motifs is 2. The maximum atomic E-state index is 13.6. The van der Waals surface area contributed by atoms with Gasteiger partial charge in [-0.15, -0.1) is 11.3 Å². The summed E-state index contributed by atoms with van der Waals surface area (Å²) in [6, 6.07) is 14.2. The van der Waals surface area contributed by atoms with E-state index in [1.807, 2.05) is 24.3 Å². The molecule has 38 heavy (non-hydrogen) atoms. The molecule has 7 nitrogen and oxygen atoms in total. The molecule has 0 amide bonds. The van der Waals surface area contributed by atoms with Gasteiger partial charge >= 0.3 is 0 Å². The lowest BCUT2D eigenvalue weighted by Crippen LogP contribution is -2.24. The number of likely N-dealkylation sites (tertiary alicyclic amines) is 1. The number of aromatic amines is 2. The number of H-pyrrole nitrogens is 2. The van der Waals surface area contributed by atoms with Crippen molar-refractivity contribution >= 4 is 33.3 Å². The van der Waals surface area contributed by atoms with Gasteiger partial charge in [0.15, 0.2) is 5.82 Å². The summed E-state index contributed by atoms with van der Waals surface area (Å²) in [5.41, 5.74) is 6.96. The lowest BCUT2D eigenvalue weighted by Gasteiger charge is -2.15. The van der Waals surface area contributed by atoms with Crippen molar-refractivity contribution in [2.45, 2.75) is 25.8 Å². The van der Waals surface area contributed by atoms with E-state index < -0.39 is 5.92 Å². The van der Waals surface area contributed by atoms with E-state index in [1.165, 1.54) is 4.88 Å². The van der Waals surface area contributed by atoms with Gasteiger partial charge in [0.2, 0.25) is 0 Å². The van der Waals surface area contributed by atoms with Crippen LogP contribution in [0, 0.1) is 6.92 Å². The predicted molar refractivity (Wildman–Crippen MR) is 145 cm³/mol. The number of nitrogens with one attached hydrogen (secondary N) is 2. The number of thiophene rings is 1. The number of hydrogen-bond acceptors (Lipinski definition) is 6. The fourth-order valence-corrected chi connectivity index (χ4v) is 5.96. The molecule has 0 aliphatic carbocycles. The highest BCUT2D eigenvalue weighted by Crippen LogP contribution is 2.34. The van der Waals surface area contributed by atoms with Gasteiger partial charge in [-0.1, -0.05) is 6.07 Å². The van der Waals surface area contributed by atoms with Gasteiger partial charge in [-0.3, -0.25) is 20.0 Å². The second kappa shape index (κ2) is 8.78. The Morgan fingerprint density at radius 3 is 2.76 bits per heavy atom. The number of pyridine rings is 2. The van der Waals surface area contributed by atoms with Crippen LogP contribution in [0.15, 0.2) is 61.1 Å². The molecular weight excluding hydrogens is 504 g/mol. The highest BCUT2D eigenvalue weighted by molar-refractivity contribution is 7.15. The predicted octanol–water partition coefficient (Wildman–Crippen LogP) is 6.44. The molecule has 0 atom stereocenters. The standard InChI is InChI=1S/C28H23F2N7S/c1-16-2-5-23(38-16)26-25-22(6-8-32-26)33-27(34-25)24-20-11-18(3-4-21(20)35-36-24)19-10-17(12-31-13-19)14-37-9-7-28(29,30)15-37/h2-6,8,10-13H,7,9,14-15H2,1H3,(H,33,34)(H,35,36). The molecule has 1 saturated heterocycles. The normalized spacial score (nSPS) is 15.7. The average molecular weight is 528 g/mol. The van der Waals surface area contributed by atoms with Gasteiger partial charge in [-0.2, -0.15) is 5.10 Å². The van der Waals surface area contributed by atoms with Gasteiger partial charge in [-0.25, -0.2) is 13.8 Å². The molecule has 1 aliphatic rings. The summed E-state index contributed by atoms with van der Waals surface area (Å²) in [4.78, 5) is 21.4. The molecule has 1 aliphatic heterocycles. The van der Waals surface area contributed by atoms with Crippen molar-refractivity contribution < 1.29 is 8.78 Å². The van der Waals surface area contributed by atoms with Gasteiger partial charge in [0, 0.05) is 53.9 Å². The van der Waals surface area contributed by atoms with Gasteiger partial charge < -0.3 is 4.98 Å². The van der Waals surface area contributed by atoms with Crippen LogP contribution in [0.1, 0.15) is 16.9 Å². The van der Waals surface area contributed by atoms with Gasteiger partial charge in [-0.05, 0) is 54.4 Å². The average Bonchev–Trinajstić information content (AvgIpc) is 3.69. The number of nitrogens with zero attached hydrogens (tertiary/aromatic N) is 5. The van der Waals surface area contributed by atoms with E-state index in [4.69, 9.17) is 4.98 Å². The summed E-state index contributed by atoms with van der Waals surface area (Å²) in [7, 11) is 0. The quantitative estimate of drug-likeness (QED) is 0.269. The minimum Gasteiger partial charge on any atom is -0.336 e. The molecule has 0 spiro atoms. The second-order valence-electron chi connectivity index (χ2n) is 9.78. The van der Waals surface area contributed by atoms with E-state index in [1.54, 1.807) is 34.8 Å². The lowest BCUT2D eigenvalue weighted by molar-refractivity contribution is 0.0115. The molecule has 2 N–H and O–H groups in total. The van der Waals surface area contributed by atoms with Crippen molar-refractivity contribution in [3.05, 3.63) is 71.5 Å². The van der Waals surface area contributed by atoms with Crippen LogP contribution in [-0.4, -0.2) is 54.0 Å². The van der Waals surface area contributed by atoms with Crippen LogP contribution in [0.3, 0.4) is 0 Å². The van der Waals surface area contributed by atoms with E-state index in [9.17, 15) is 8.78 Å². The maximum absolute atomic E-state index is 13.6. The van der Waals surface area contributed by atoms with Gasteiger partial charge in [0.1, 0.15) is 16.9 Å². The van der Waals surface area contributed by atoms with Crippen LogP contribution in [0.5, 0.6) is 0 Å². The Hall–Kier alpha value is -4.02. The number of benzene rings is 1. The zero-order valence-corrected chi connectivity index (χ0v) is 21.3. The third kappa shape index (κ3) is 4.15. The fraction of sp³-hybridized carbons (Fsp3) is 0.214. The number of imidazole rings is 1. The summed E-state index contributed by atoms with van der Waals surface area (Å²) in [6.07, 6.45) is 5.24. The minimum absolute atomic E-state index is 0.0909. The van der Waals surface area contributed by atoms with Gasteiger partial charge in [0.25, 0.3) is 5.92 Å². The van der Waals surface area contributed by atoms with E-state index in [2.05, 4.69) is 50.3 Å². The largest absolute Gasteiger partial charge is 0.336 e. The molecular formula is C28H23F2N7S. The van der Waals surface area contributed by atoms with E-state index >= 15 is 0 Å². The molecule has 6 aromatic rings. The molecule has 0 bridgehead atoms. The Kier molecular flexibility index (Phi) is 5.34.